The summed E-state index contributed by atoms with van der Waals surface area (Å²) in [4.78, 5) is 16.9. The highest BCUT2D eigenvalue weighted by atomic mass is 16.5. The molecule has 4 rings (SSSR count). The molecule has 3 N–H and O–H groups in total. The summed E-state index contributed by atoms with van der Waals surface area (Å²) < 4.78 is 5.58. The summed E-state index contributed by atoms with van der Waals surface area (Å²) >= 11 is 0. The van der Waals surface area contributed by atoms with Crippen molar-refractivity contribution in [1.29, 1.82) is 0 Å². The van der Waals surface area contributed by atoms with E-state index in [-0.39, 0.29) is 12.1 Å². The minimum atomic E-state index is 0.185. The maximum Gasteiger partial charge on any atom is 0.225 e. The van der Waals surface area contributed by atoms with Gasteiger partial charge in [0.15, 0.2) is 0 Å². The van der Waals surface area contributed by atoms with Crippen LogP contribution in [0.1, 0.15) is 51.9 Å². The van der Waals surface area contributed by atoms with E-state index in [1.807, 2.05) is 21.2 Å². The molecule has 2 saturated heterocycles. The number of fused-ring (bicyclic) bond motifs is 1. The Kier molecular flexibility index (Phi) is 7.35. The zero-order chi connectivity index (χ0) is 21.3. The Bertz CT molecular complexity index is 580. The van der Waals surface area contributed by atoms with E-state index in [1.165, 1.54) is 25.7 Å². The van der Waals surface area contributed by atoms with Crippen molar-refractivity contribution >= 4 is 5.91 Å². The molecule has 0 aromatic carbocycles. The summed E-state index contributed by atoms with van der Waals surface area (Å²) in [5.41, 5.74) is 0. The van der Waals surface area contributed by atoms with Crippen molar-refractivity contribution in [2.24, 2.45) is 17.8 Å². The van der Waals surface area contributed by atoms with Crippen LogP contribution in [0.15, 0.2) is 0 Å². The number of rotatable bonds is 5. The fourth-order valence-electron chi connectivity index (χ4n) is 6.55. The highest BCUT2D eigenvalue weighted by Crippen LogP contribution is 2.35. The van der Waals surface area contributed by atoms with Gasteiger partial charge >= 0.3 is 0 Å². The van der Waals surface area contributed by atoms with E-state index in [0.29, 0.717) is 36.2 Å². The van der Waals surface area contributed by atoms with Crippen LogP contribution in [0.4, 0.5) is 0 Å². The molecule has 2 aliphatic heterocycles. The third-order valence-electron chi connectivity index (χ3n) is 8.31. The third kappa shape index (κ3) is 4.70. The topological polar surface area (TPSA) is 68.9 Å². The number of nitrogens with one attached hydrogen (secondary N) is 3. The SMILES string of the molecule is COC1CCC(C2CNC3C(NC4CCC(C(=O)N(C)C)C(C)C4)NCCN23)CC1. The van der Waals surface area contributed by atoms with E-state index in [1.54, 1.807) is 4.90 Å². The van der Waals surface area contributed by atoms with Crippen LogP contribution < -0.4 is 16.0 Å². The second kappa shape index (κ2) is 9.82. The van der Waals surface area contributed by atoms with Gasteiger partial charge in [0.2, 0.25) is 5.91 Å². The zero-order valence-corrected chi connectivity index (χ0v) is 19.4. The molecule has 6 unspecified atom stereocenters. The van der Waals surface area contributed by atoms with Gasteiger partial charge in [-0.25, -0.2) is 0 Å². The average molecular weight is 422 g/mol. The number of hydrogen-bond donors (Lipinski definition) is 3. The monoisotopic (exact) mass is 421 g/mol. The predicted octanol–water partition coefficient (Wildman–Crippen LogP) is 1.20. The number of nitrogens with zero attached hydrogens (tertiary/aromatic N) is 2. The lowest BCUT2D eigenvalue weighted by Gasteiger charge is -2.45. The van der Waals surface area contributed by atoms with Crippen molar-refractivity contribution in [3.63, 3.8) is 0 Å². The molecule has 30 heavy (non-hydrogen) atoms. The summed E-state index contributed by atoms with van der Waals surface area (Å²) in [5.74, 6) is 1.71. The van der Waals surface area contributed by atoms with E-state index in [0.717, 1.165) is 44.8 Å². The molecule has 172 valence electrons. The molecule has 2 aliphatic carbocycles. The van der Waals surface area contributed by atoms with Gasteiger partial charge in [-0.05, 0) is 56.8 Å². The summed E-state index contributed by atoms with van der Waals surface area (Å²) in [6, 6.07) is 1.15. The molecule has 7 heteroatoms. The van der Waals surface area contributed by atoms with Crippen LogP contribution in [0.5, 0.6) is 0 Å². The minimum Gasteiger partial charge on any atom is -0.381 e. The molecule has 2 heterocycles. The maximum atomic E-state index is 12.4. The smallest absolute Gasteiger partial charge is 0.225 e. The normalized spacial score (nSPS) is 42.7. The Morgan fingerprint density at radius 2 is 1.87 bits per heavy atom. The Morgan fingerprint density at radius 1 is 1.10 bits per heavy atom. The van der Waals surface area contributed by atoms with Gasteiger partial charge in [0.1, 0.15) is 0 Å². The number of hydrogen-bond acceptors (Lipinski definition) is 6. The molecule has 0 radical (unpaired) electrons. The summed E-state index contributed by atoms with van der Waals surface area (Å²) in [5, 5.41) is 11.5. The van der Waals surface area contributed by atoms with Crippen molar-refractivity contribution in [3.8, 4) is 0 Å². The molecular weight excluding hydrogens is 378 g/mol. The van der Waals surface area contributed by atoms with Gasteiger partial charge in [-0.2, -0.15) is 0 Å². The van der Waals surface area contributed by atoms with Crippen LogP contribution >= 0.6 is 0 Å². The molecule has 4 aliphatic rings. The summed E-state index contributed by atoms with van der Waals surface area (Å²) in [7, 11) is 5.61. The molecule has 2 saturated carbocycles. The molecule has 7 nitrogen and oxygen atoms in total. The number of methoxy groups -OCH3 is 1. The first-order valence-corrected chi connectivity index (χ1v) is 12.2. The van der Waals surface area contributed by atoms with Crippen LogP contribution in [-0.2, 0) is 9.53 Å². The largest absolute Gasteiger partial charge is 0.381 e. The van der Waals surface area contributed by atoms with E-state index < -0.39 is 0 Å². The first kappa shape index (κ1) is 22.5. The van der Waals surface area contributed by atoms with Crippen LogP contribution in [-0.4, -0.2) is 87.1 Å². The van der Waals surface area contributed by atoms with Gasteiger partial charge in [0.05, 0.1) is 18.4 Å². The van der Waals surface area contributed by atoms with E-state index >= 15 is 0 Å². The van der Waals surface area contributed by atoms with E-state index in [9.17, 15) is 4.79 Å². The van der Waals surface area contributed by atoms with Crippen molar-refractivity contribution in [2.75, 3.05) is 40.8 Å². The highest BCUT2D eigenvalue weighted by Gasteiger charge is 2.44. The van der Waals surface area contributed by atoms with E-state index in [2.05, 4.69) is 27.8 Å². The average Bonchev–Trinajstić information content (AvgIpc) is 3.18. The van der Waals surface area contributed by atoms with Gasteiger partial charge in [-0.3, -0.25) is 25.6 Å². The molecule has 0 spiro atoms. The molecule has 0 bridgehead atoms. The number of amides is 1. The Hall–Kier alpha value is -0.730. The quantitative estimate of drug-likeness (QED) is 0.620. The van der Waals surface area contributed by atoms with Crippen molar-refractivity contribution in [1.82, 2.24) is 25.8 Å². The highest BCUT2D eigenvalue weighted by molar-refractivity contribution is 5.78. The fraction of sp³-hybridized carbons (Fsp3) is 0.957. The molecule has 6 atom stereocenters. The molecule has 1 amide bonds. The molecule has 4 fully saturated rings. The first-order chi connectivity index (χ1) is 14.5. The van der Waals surface area contributed by atoms with Crippen LogP contribution in [0.3, 0.4) is 0 Å². The second-order valence-corrected chi connectivity index (χ2v) is 10.4. The number of carbonyl (C=O) groups excluding carboxylic acids is 1. The van der Waals surface area contributed by atoms with Crippen LogP contribution in [0.2, 0.25) is 0 Å². The van der Waals surface area contributed by atoms with Gasteiger partial charge < -0.3 is 9.64 Å². The van der Waals surface area contributed by atoms with Gasteiger partial charge in [-0.15, -0.1) is 0 Å². The molecular formula is C23H43N5O2. The van der Waals surface area contributed by atoms with Crippen LogP contribution in [0.25, 0.3) is 0 Å². The molecule has 0 aromatic rings. The lowest BCUT2D eigenvalue weighted by molar-refractivity contribution is -0.135. The number of carbonyl (C=O) groups is 1. The fourth-order valence-corrected chi connectivity index (χ4v) is 6.55. The Labute approximate surface area is 182 Å². The van der Waals surface area contributed by atoms with E-state index in [4.69, 9.17) is 4.74 Å². The summed E-state index contributed by atoms with van der Waals surface area (Å²) in [6.45, 7) is 5.53. The van der Waals surface area contributed by atoms with Crippen molar-refractivity contribution in [3.05, 3.63) is 0 Å². The zero-order valence-electron chi connectivity index (χ0n) is 19.4. The number of ether oxygens (including phenoxy) is 1. The van der Waals surface area contributed by atoms with Gasteiger partial charge in [-0.1, -0.05) is 6.92 Å². The van der Waals surface area contributed by atoms with Gasteiger partial charge in [0, 0.05) is 58.8 Å². The predicted molar refractivity (Wildman–Crippen MR) is 119 cm³/mol. The lowest BCUT2D eigenvalue weighted by Crippen LogP contribution is -2.67. The summed E-state index contributed by atoms with van der Waals surface area (Å²) in [6.07, 6.45) is 9.31. The van der Waals surface area contributed by atoms with Crippen molar-refractivity contribution < 1.29 is 9.53 Å². The maximum absolute atomic E-state index is 12.4. The Morgan fingerprint density at radius 3 is 2.53 bits per heavy atom. The minimum absolute atomic E-state index is 0.185. The third-order valence-corrected chi connectivity index (χ3v) is 8.31. The standard InChI is InChI=1S/C23H43N5O2/c1-15-13-17(7-10-19(15)23(29)27(2)3)26-21-22-25-14-20(28(22)12-11-24-21)16-5-8-18(30-4)9-6-16/h15-22,24-26H,5-14H2,1-4H3. The van der Waals surface area contributed by atoms with Crippen LogP contribution in [0, 0.1) is 17.8 Å². The first-order valence-electron chi connectivity index (χ1n) is 12.2. The van der Waals surface area contributed by atoms with Gasteiger partial charge in [0.25, 0.3) is 0 Å². The Balaban J connectivity index is 1.31. The lowest BCUT2D eigenvalue weighted by atomic mass is 9.77. The number of piperazine rings is 1. The molecule has 0 aromatic heterocycles. The van der Waals surface area contributed by atoms with Crippen molar-refractivity contribution in [2.45, 2.75) is 82.4 Å². The second-order valence-electron chi connectivity index (χ2n) is 10.4.